The summed E-state index contributed by atoms with van der Waals surface area (Å²) >= 11 is 0. The molecule has 1 N–H and O–H groups in total. The Morgan fingerprint density at radius 3 is 2.35 bits per heavy atom. The van der Waals surface area contributed by atoms with Gasteiger partial charge in [-0.25, -0.2) is 8.42 Å². The summed E-state index contributed by atoms with van der Waals surface area (Å²) in [6.07, 6.45) is -3.84. The monoisotopic (exact) mass is 460 g/mol. The van der Waals surface area contributed by atoms with Gasteiger partial charge in [0.1, 0.15) is 18.0 Å². The van der Waals surface area contributed by atoms with Crippen LogP contribution in [0.2, 0.25) is 0 Å². The van der Waals surface area contributed by atoms with Crippen molar-refractivity contribution in [2.24, 2.45) is 0 Å². The molecule has 11 heteroatoms. The second kappa shape index (κ2) is 9.46. The van der Waals surface area contributed by atoms with Crippen molar-refractivity contribution >= 4 is 21.6 Å². The molecular formula is C20H23F3N2O5S. The summed E-state index contributed by atoms with van der Waals surface area (Å²) in [7, 11) is -1.10. The van der Waals surface area contributed by atoms with E-state index in [0.29, 0.717) is 27.4 Å². The number of carbonyl (C=O) groups excluding carboxylic acids is 1. The van der Waals surface area contributed by atoms with Gasteiger partial charge in [-0.15, -0.1) is 0 Å². The molecule has 7 nitrogen and oxygen atoms in total. The molecule has 0 aliphatic carbocycles. The van der Waals surface area contributed by atoms with Crippen LogP contribution in [0.5, 0.6) is 11.5 Å². The van der Waals surface area contributed by atoms with Crippen molar-refractivity contribution in [2.75, 3.05) is 31.3 Å². The van der Waals surface area contributed by atoms with Gasteiger partial charge in [0.2, 0.25) is 15.9 Å². The molecule has 0 fully saturated rings. The zero-order valence-electron chi connectivity index (χ0n) is 17.4. The van der Waals surface area contributed by atoms with Gasteiger partial charge in [-0.05, 0) is 43.3 Å². The first kappa shape index (κ1) is 24.3. The Morgan fingerprint density at radius 2 is 1.81 bits per heavy atom. The minimum atomic E-state index is -4.65. The molecular weight excluding hydrogens is 437 g/mol. The van der Waals surface area contributed by atoms with Crippen molar-refractivity contribution in [1.82, 2.24) is 5.32 Å². The summed E-state index contributed by atoms with van der Waals surface area (Å²) in [5.41, 5.74) is -0.701. The number of nitrogens with zero attached hydrogens (tertiary/aromatic N) is 1. The van der Waals surface area contributed by atoms with Crippen molar-refractivity contribution in [3.63, 3.8) is 0 Å². The number of amides is 1. The van der Waals surface area contributed by atoms with E-state index in [0.717, 1.165) is 18.4 Å². The van der Waals surface area contributed by atoms with Crippen LogP contribution in [0.1, 0.15) is 24.1 Å². The van der Waals surface area contributed by atoms with Crippen molar-refractivity contribution in [1.29, 1.82) is 0 Å². The number of ether oxygens (including phenoxy) is 2. The van der Waals surface area contributed by atoms with Crippen LogP contribution >= 0.6 is 0 Å². The van der Waals surface area contributed by atoms with Gasteiger partial charge < -0.3 is 14.8 Å². The number of hydrogen-bond acceptors (Lipinski definition) is 5. The van der Waals surface area contributed by atoms with Crippen LogP contribution in [0, 0.1) is 0 Å². The fourth-order valence-electron chi connectivity index (χ4n) is 2.91. The number of rotatable bonds is 8. The highest BCUT2D eigenvalue weighted by molar-refractivity contribution is 7.92. The molecule has 1 atom stereocenters. The Kier molecular flexibility index (Phi) is 7.42. The number of nitrogens with one attached hydrogen (secondary N) is 1. The standard InChI is InChI=1S/C20H23F3N2O5S/c1-13(17-11-16(29-2)8-9-18(17)30-3)24-19(26)12-25(31(4,27)28)15-7-5-6-14(10-15)20(21,22)23/h5-11,13H,12H2,1-4H3,(H,24,26)/t13-/m1/s1. The maximum absolute atomic E-state index is 13.0. The van der Waals surface area contributed by atoms with E-state index in [4.69, 9.17) is 9.47 Å². The third-order valence-electron chi connectivity index (χ3n) is 4.43. The zero-order chi connectivity index (χ0) is 23.4. The molecule has 0 radical (unpaired) electrons. The van der Waals surface area contributed by atoms with Gasteiger partial charge in [0, 0.05) is 5.56 Å². The van der Waals surface area contributed by atoms with E-state index in [9.17, 15) is 26.4 Å². The second-order valence-electron chi connectivity index (χ2n) is 6.71. The van der Waals surface area contributed by atoms with Crippen LogP contribution in [0.4, 0.5) is 18.9 Å². The van der Waals surface area contributed by atoms with Crippen LogP contribution in [0.15, 0.2) is 42.5 Å². The van der Waals surface area contributed by atoms with E-state index in [1.807, 2.05) is 0 Å². The maximum atomic E-state index is 13.0. The Morgan fingerprint density at radius 1 is 1.13 bits per heavy atom. The maximum Gasteiger partial charge on any atom is 0.416 e. The summed E-state index contributed by atoms with van der Waals surface area (Å²) in [5, 5.41) is 2.64. The Hall–Kier alpha value is -2.95. The Labute approximate surface area is 178 Å². The smallest absolute Gasteiger partial charge is 0.416 e. The molecule has 0 heterocycles. The summed E-state index contributed by atoms with van der Waals surface area (Å²) in [5.74, 6) is 0.297. The summed E-state index contributed by atoms with van der Waals surface area (Å²) in [4.78, 5) is 12.6. The average molecular weight is 460 g/mol. The zero-order valence-corrected chi connectivity index (χ0v) is 18.2. The number of carbonyl (C=O) groups is 1. The van der Waals surface area contributed by atoms with E-state index in [-0.39, 0.29) is 5.69 Å². The molecule has 31 heavy (non-hydrogen) atoms. The molecule has 0 aliphatic heterocycles. The number of hydrogen-bond donors (Lipinski definition) is 1. The van der Waals surface area contributed by atoms with E-state index in [2.05, 4.69) is 5.32 Å². The van der Waals surface area contributed by atoms with Gasteiger partial charge in [0.25, 0.3) is 0 Å². The normalized spacial score (nSPS) is 12.7. The molecule has 170 valence electrons. The highest BCUT2D eigenvalue weighted by Gasteiger charge is 2.32. The fourth-order valence-corrected chi connectivity index (χ4v) is 3.76. The molecule has 2 aromatic rings. The minimum Gasteiger partial charge on any atom is -0.497 e. The highest BCUT2D eigenvalue weighted by atomic mass is 32.2. The van der Waals surface area contributed by atoms with Gasteiger partial charge in [0.05, 0.1) is 37.8 Å². The lowest BCUT2D eigenvalue weighted by Gasteiger charge is -2.24. The SMILES string of the molecule is COc1ccc(OC)c([C@@H](C)NC(=O)CN(c2cccc(C(F)(F)F)c2)S(C)(=O)=O)c1. The lowest BCUT2D eigenvalue weighted by atomic mass is 10.1. The highest BCUT2D eigenvalue weighted by Crippen LogP contribution is 2.32. The first-order chi connectivity index (χ1) is 14.4. The molecule has 2 aromatic carbocycles. The molecule has 0 unspecified atom stereocenters. The van der Waals surface area contributed by atoms with Gasteiger partial charge in [-0.3, -0.25) is 9.10 Å². The molecule has 0 aromatic heterocycles. The number of benzene rings is 2. The lowest BCUT2D eigenvalue weighted by Crippen LogP contribution is -2.41. The first-order valence-corrected chi connectivity index (χ1v) is 10.9. The van der Waals surface area contributed by atoms with Crippen LogP contribution in [-0.2, 0) is 21.0 Å². The topological polar surface area (TPSA) is 84.9 Å². The van der Waals surface area contributed by atoms with Crippen molar-refractivity contribution < 1.29 is 35.9 Å². The van der Waals surface area contributed by atoms with Crippen LogP contribution < -0.4 is 19.1 Å². The Balaban J connectivity index is 2.27. The van der Waals surface area contributed by atoms with Crippen molar-refractivity contribution in [2.45, 2.75) is 19.1 Å². The number of sulfonamides is 1. The van der Waals surface area contributed by atoms with E-state index < -0.39 is 40.3 Å². The number of methoxy groups -OCH3 is 2. The lowest BCUT2D eigenvalue weighted by molar-refractivity contribution is -0.137. The number of halogens is 3. The van der Waals surface area contributed by atoms with Gasteiger partial charge in [-0.1, -0.05) is 6.07 Å². The third-order valence-corrected chi connectivity index (χ3v) is 5.57. The second-order valence-corrected chi connectivity index (χ2v) is 8.62. The van der Waals surface area contributed by atoms with E-state index >= 15 is 0 Å². The summed E-state index contributed by atoms with van der Waals surface area (Å²) in [6, 6.07) is 8.17. The minimum absolute atomic E-state index is 0.265. The predicted molar refractivity (Wildman–Crippen MR) is 110 cm³/mol. The molecule has 0 saturated heterocycles. The van der Waals surface area contributed by atoms with Crippen LogP contribution in [0.3, 0.4) is 0 Å². The molecule has 2 rings (SSSR count). The Bertz CT molecular complexity index is 1040. The quantitative estimate of drug-likeness (QED) is 0.653. The summed E-state index contributed by atoms with van der Waals surface area (Å²) in [6.45, 7) is 0.959. The first-order valence-electron chi connectivity index (χ1n) is 9.03. The third kappa shape index (κ3) is 6.27. The largest absolute Gasteiger partial charge is 0.497 e. The van der Waals surface area contributed by atoms with E-state index in [1.165, 1.54) is 20.3 Å². The molecule has 1 amide bonds. The van der Waals surface area contributed by atoms with E-state index in [1.54, 1.807) is 25.1 Å². The molecule has 0 bridgehead atoms. The van der Waals surface area contributed by atoms with Gasteiger partial charge >= 0.3 is 6.18 Å². The van der Waals surface area contributed by atoms with Gasteiger partial charge in [0.15, 0.2) is 0 Å². The summed E-state index contributed by atoms with van der Waals surface area (Å²) < 4.78 is 74.5. The van der Waals surface area contributed by atoms with Crippen LogP contribution in [-0.4, -0.2) is 41.3 Å². The van der Waals surface area contributed by atoms with Crippen molar-refractivity contribution in [3.8, 4) is 11.5 Å². The number of anilines is 1. The predicted octanol–water partition coefficient (Wildman–Crippen LogP) is 3.37. The molecule has 0 aliphatic rings. The van der Waals surface area contributed by atoms with Crippen molar-refractivity contribution in [3.05, 3.63) is 53.6 Å². The van der Waals surface area contributed by atoms with Crippen LogP contribution in [0.25, 0.3) is 0 Å². The fraction of sp³-hybridized carbons (Fsp3) is 0.350. The molecule has 0 saturated carbocycles. The van der Waals surface area contributed by atoms with Gasteiger partial charge in [-0.2, -0.15) is 13.2 Å². The molecule has 0 spiro atoms. The average Bonchev–Trinajstić information content (AvgIpc) is 2.70. The number of alkyl halides is 3.